The van der Waals surface area contributed by atoms with Crippen molar-refractivity contribution in [2.75, 3.05) is 32.5 Å². The van der Waals surface area contributed by atoms with Crippen LogP contribution in [0.5, 0.6) is 5.75 Å². The number of halogens is 3. The molecule has 0 amide bonds. The molecule has 1 aliphatic heterocycles. The fraction of sp³-hybridized carbons (Fsp3) is 0.684. The van der Waals surface area contributed by atoms with Crippen LogP contribution in [0.3, 0.4) is 0 Å². The van der Waals surface area contributed by atoms with Crippen LogP contribution in [0, 0.1) is 11.7 Å². The summed E-state index contributed by atoms with van der Waals surface area (Å²) in [7, 11) is -3.40. The van der Waals surface area contributed by atoms with Gasteiger partial charge >= 0.3 is 0 Å². The Morgan fingerprint density at radius 1 is 1.21 bits per heavy atom. The summed E-state index contributed by atoms with van der Waals surface area (Å²) in [5, 5.41) is 3.48. The van der Waals surface area contributed by atoms with Crippen LogP contribution in [0.15, 0.2) is 23.1 Å². The molecule has 1 aliphatic carbocycles. The van der Waals surface area contributed by atoms with E-state index in [1.807, 2.05) is 0 Å². The van der Waals surface area contributed by atoms with Gasteiger partial charge in [0.15, 0.2) is 21.4 Å². The van der Waals surface area contributed by atoms with Gasteiger partial charge in [0.1, 0.15) is 0 Å². The van der Waals surface area contributed by atoms with Crippen molar-refractivity contribution in [2.24, 2.45) is 5.92 Å². The number of hydrogen-bond acceptors (Lipinski definition) is 5. The molecule has 0 spiro atoms. The molecule has 1 saturated carbocycles. The molecule has 1 N–H and O–H groups in total. The van der Waals surface area contributed by atoms with Gasteiger partial charge in [0.05, 0.1) is 11.5 Å². The number of nitrogens with one attached hydrogen (secondary N) is 1. The lowest BCUT2D eigenvalue weighted by Crippen LogP contribution is -2.53. The van der Waals surface area contributed by atoms with Crippen LogP contribution in [0.25, 0.3) is 0 Å². The zero-order chi connectivity index (χ0) is 18.7. The van der Waals surface area contributed by atoms with E-state index in [4.69, 9.17) is 4.74 Å². The van der Waals surface area contributed by atoms with E-state index in [0.717, 1.165) is 57.6 Å². The minimum atomic E-state index is -3.40. The van der Waals surface area contributed by atoms with Gasteiger partial charge in [-0.25, -0.2) is 12.8 Å². The lowest BCUT2D eigenvalue weighted by Gasteiger charge is -2.41. The lowest BCUT2D eigenvalue weighted by atomic mass is 9.85. The quantitative estimate of drug-likeness (QED) is 0.736. The first-order valence-electron chi connectivity index (χ1n) is 9.43. The Balaban J connectivity index is 0.00000196. The summed E-state index contributed by atoms with van der Waals surface area (Å²) in [6, 6.07) is 5.06. The number of piperazine rings is 1. The molecule has 1 saturated heterocycles. The number of ether oxygens (including phenoxy) is 1. The third-order valence-corrected chi connectivity index (χ3v) is 6.65. The van der Waals surface area contributed by atoms with Crippen LogP contribution in [-0.2, 0) is 9.84 Å². The second-order valence-electron chi connectivity index (χ2n) is 7.70. The number of rotatable bonds is 5. The molecule has 3 rings (SSSR count). The third-order valence-electron chi connectivity index (χ3n) is 5.54. The first kappa shape index (κ1) is 25.4. The summed E-state index contributed by atoms with van der Waals surface area (Å²) in [6.07, 6.45) is 5.57. The zero-order valence-electron chi connectivity index (χ0n) is 16.4. The fourth-order valence-electron chi connectivity index (χ4n) is 4.01. The molecule has 1 aromatic rings. The Morgan fingerprint density at radius 2 is 1.89 bits per heavy atom. The van der Waals surface area contributed by atoms with Crippen molar-refractivity contribution in [2.45, 2.75) is 49.6 Å². The van der Waals surface area contributed by atoms with Crippen molar-refractivity contribution in [3.63, 3.8) is 0 Å². The van der Waals surface area contributed by atoms with Gasteiger partial charge in [0.25, 0.3) is 0 Å². The van der Waals surface area contributed by atoms with Crippen LogP contribution in [-0.4, -0.2) is 57.9 Å². The van der Waals surface area contributed by atoms with Gasteiger partial charge in [0.2, 0.25) is 0 Å². The largest absolute Gasteiger partial charge is 0.490 e. The highest BCUT2D eigenvalue weighted by molar-refractivity contribution is 7.90. The van der Waals surface area contributed by atoms with E-state index < -0.39 is 15.7 Å². The van der Waals surface area contributed by atoms with Crippen LogP contribution >= 0.6 is 24.8 Å². The van der Waals surface area contributed by atoms with Gasteiger partial charge < -0.3 is 10.1 Å². The Morgan fingerprint density at radius 3 is 2.46 bits per heavy atom. The van der Waals surface area contributed by atoms with Gasteiger partial charge in [-0.15, -0.1) is 24.8 Å². The number of sulfone groups is 1. The maximum atomic E-state index is 14.1. The average Bonchev–Trinajstić information content (AvgIpc) is 2.60. The van der Waals surface area contributed by atoms with Gasteiger partial charge in [-0.05, 0) is 56.7 Å². The monoisotopic (exact) mass is 456 g/mol. The molecule has 0 aromatic heterocycles. The Bertz CT molecular complexity index is 728. The molecule has 2 aliphatic rings. The third kappa shape index (κ3) is 6.73. The Hall–Kier alpha value is -0.600. The smallest absolute Gasteiger partial charge is 0.175 e. The van der Waals surface area contributed by atoms with Crippen LogP contribution in [0.1, 0.15) is 32.6 Å². The summed E-state index contributed by atoms with van der Waals surface area (Å²) in [5.41, 5.74) is 0. The SMILES string of the molecule is C[C@H]1CN(C2CCC(COc3ccc(S(C)(=O)=O)cc3F)CC2)CCN1.Cl.Cl. The predicted octanol–water partition coefficient (Wildman–Crippen LogP) is 3.30. The second kappa shape index (κ2) is 11.0. The van der Waals surface area contributed by atoms with E-state index in [0.29, 0.717) is 24.6 Å². The molecule has 0 bridgehead atoms. The summed E-state index contributed by atoms with van der Waals surface area (Å²) in [5.74, 6) is -0.0487. The summed E-state index contributed by atoms with van der Waals surface area (Å²) >= 11 is 0. The van der Waals surface area contributed by atoms with Crippen molar-refractivity contribution in [3.8, 4) is 5.75 Å². The van der Waals surface area contributed by atoms with Crippen molar-refractivity contribution in [3.05, 3.63) is 24.0 Å². The molecular formula is C19H31Cl2FN2O3S. The highest BCUT2D eigenvalue weighted by Gasteiger charge is 2.28. The van der Waals surface area contributed by atoms with Crippen molar-refractivity contribution in [1.29, 1.82) is 0 Å². The standard InChI is InChI=1S/C19H29FN2O3S.2ClH/c1-14-12-22(10-9-21-14)16-5-3-15(4-6-16)13-25-19-8-7-17(11-18(19)20)26(2,23)24;;/h7-8,11,14-16,21H,3-6,9-10,12-13H2,1-2H3;2*1H/t14-,15?,16?;;/m0../s1. The molecule has 28 heavy (non-hydrogen) atoms. The van der Waals surface area contributed by atoms with Crippen LogP contribution in [0.4, 0.5) is 4.39 Å². The minimum absolute atomic E-state index is 0. The molecule has 0 unspecified atom stereocenters. The highest BCUT2D eigenvalue weighted by atomic mass is 35.5. The van der Waals surface area contributed by atoms with Crippen LogP contribution < -0.4 is 10.1 Å². The maximum absolute atomic E-state index is 14.1. The lowest BCUT2D eigenvalue weighted by molar-refractivity contribution is 0.0923. The van der Waals surface area contributed by atoms with Gasteiger partial charge in [0, 0.05) is 38.0 Å². The average molecular weight is 457 g/mol. The van der Waals surface area contributed by atoms with Crippen LogP contribution in [0.2, 0.25) is 0 Å². The first-order chi connectivity index (χ1) is 12.3. The van der Waals surface area contributed by atoms with E-state index >= 15 is 0 Å². The molecule has 1 aromatic carbocycles. The molecule has 0 radical (unpaired) electrons. The minimum Gasteiger partial charge on any atom is -0.490 e. The summed E-state index contributed by atoms with van der Waals surface area (Å²) < 4.78 is 42.7. The van der Waals surface area contributed by atoms with Gasteiger partial charge in [-0.3, -0.25) is 4.90 Å². The van der Waals surface area contributed by atoms with E-state index in [-0.39, 0.29) is 35.5 Å². The fourth-order valence-corrected chi connectivity index (χ4v) is 4.64. The molecule has 2 fully saturated rings. The van der Waals surface area contributed by atoms with Gasteiger partial charge in [-0.2, -0.15) is 0 Å². The number of hydrogen-bond donors (Lipinski definition) is 1. The van der Waals surface area contributed by atoms with Crippen molar-refractivity contribution >= 4 is 34.7 Å². The molecule has 1 heterocycles. The number of nitrogens with zero attached hydrogens (tertiary/aromatic N) is 1. The van der Waals surface area contributed by atoms with Gasteiger partial charge in [-0.1, -0.05) is 0 Å². The topological polar surface area (TPSA) is 58.6 Å². The summed E-state index contributed by atoms with van der Waals surface area (Å²) in [4.78, 5) is 2.58. The molecule has 162 valence electrons. The van der Waals surface area contributed by atoms with E-state index in [1.54, 1.807) is 0 Å². The predicted molar refractivity (Wildman–Crippen MR) is 114 cm³/mol. The Kier molecular flexibility index (Phi) is 9.97. The number of benzene rings is 1. The first-order valence-corrected chi connectivity index (χ1v) is 11.3. The second-order valence-corrected chi connectivity index (χ2v) is 9.72. The maximum Gasteiger partial charge on any atom is 0.175 e. The molecule has 5 nitrogen and oxygen atoms in total. The molecule has 9 heteroatoms. The van der Waals surface area contributed by atoms with E-state index in [2.05, 4.69) is 17.1 Å². The summed E-state index contributed by atoms with van der Waals surface area (Å²) in [6.45, 7) is 6.01. The normalized spacial score (nSPS) is 26.0. The van der Waals surface area contributed by atoms with Crippen molar-refractivity contribution < 1.29 is 17.5 Å². The molecular weight excluding hydrogens is 426 g/mol. The zero-order valence-corrected chi connectivity index (χ0v) is 18.8. The van der Waals surface area contributed by atoms with E-state index in [9.17, 15) is 12.8 Å². The molecule has 1 atom stereocenters. The highest BCUT2D eigenvalue weighted by Crippen LogP contribution is 2.29. The Labute approximate surface area is 180 Å². The van der Waals surface area contributed by atoms with Crippen molar-refractivity contribution in [1.82, 2.24) is 10.2 Å². The van der Waals surface area contributed by atoms with E-state index in [1.165, 1.54) is 12.1 Å².